The number of carbonyl (C=O) groups excluding carboxylic acids is 1. The van der Waals surface area contributed by atoms with Gasteiger partial charge in [-0.25, -0.2) is 0 Å². The zero-order valence-electron chi connectivity index (χ0n) is 14.2. The summed E-state index contributed by atoms with van der Waals surface area (Å²) in [7, 11) is 0. The summed E-state index contributed by atoms with van der Waals surface area (Å²) in [6, 6.07) is 0. The molecule has 2 rings (SSSR count). The van der Waals surface area contributed by atoms with Gasteiger partial charge in [-0.15, -0.1) is 0 Å². The molecule has 4 nitrogen and oxygen atoms in total. The quantitative estimate of drug-likeness (QED) is 0.842. The largest absolute Gasteiger partial charge is 0.340 e. The highest BCUT2D eigenvalue weighted by Gasteiger charge is 2.41. The minimum Gasteiger partial charge on any atom is -0.340 e. The normalized spacial score (nSPS) is 28.1. The van der Waals surface area contributed by atoms with Gasteiger partial charge in [-0.05, 0) is 31.7 Å². The molecule has 2 fully saturated rings. The molecule has 2 heterocycles. The number of rotatable bonds is 5. The van der Waals surface area contributed by atoms with Gasteiger partial charge in [0, 0.05) is 39.3 Å². The maximum atomic E-state index is 13.1. The van der Waals surface area contributed by atoms with Crippen molar-refractivity contribution in [2.24, 2.45) is 11.3 Å². The Labute approximate surface area is 130 Å². The van der Waals surface area contributed by atoms with Gasteiger partial charge >= 0.3 is 0 Å². The van der Waals surface area contributed by atoms with Crippen LogP contribution in [0, 0.1) is 11.3 Å². The molecule has 2 saturated heterocycles. The van der Waals surface area contributed by atoms with E-state index in [1.807, 2.05) is 0 Å². The Morgan fingerprint density at radius 3 is 2.48 bits per heavy atom. The van der Waals surface area contributed by atoms with Gasteiger partial charge in [0.2, 0.25) is 5.91 Å². The van der Waals surface area contributed by atoms with E-state index in [1.54, 1.807) is 0 Å². The minimum absolute atomic E-state index is 0.118. The van der Waals surface area contributed by atoms with E-state index in [2.05, 4.69) is 35.9 Å². The number of piperazine rings is 1. The smallest absolute Gasteiger partial charge is 0.230 e. The maximum Gasteiger partial charge on any atom is 0.230 e. The van der Waals surface area contributed by atoms with Crippen LogP contribution in [0.5, 0.6) is 0 Å². The van der Waals surface area contributed by atoms with Crippen molar-refractivity contribution < 1.29 is 4.79 Å². The third-order valence-corrected chi connectivity index (χ3v) is 4.94. The van der Waals surface area contributed by atoms with Crippen molar-refractivity contribution >= 4 is 5.91 Å². The fourth-order valence-electron chi connectivity index (χ4n) is 3.93. The maximum absolute atomic E-state index is 13.1. The molecule has 21 heavy (non-hydrogen) atoms. The van der Waals surface area contributed by atoms with E-state index in [0.29, 0.717) is 11.8 Å². The Kier molecular flexibility index (Phi) is 6.06. The van der Waals surface area contributed by atoms with Crippen LogP contribution in [0.4, 0.5) is 0 Å². The Balaban J connectivity index is 1.93. The molecule has 0 bridgehead atoms. The summed E-state index contributed by atoms with van der Waals surface area (Å²) in [6.07, 6.45) is 4.34. The summed E-state index contributed by atoms with van der Waals surface area (Å²) in [5.41, 5.74) is -0.118. The molecular formula is C17H33N3O. The van der Waals surface area contributed by atoms with Crippen LogP contribution in [0.1, 0.15) is 46.5 Å². The van der Waals surface area contributed by atoms with Gasteiger partial charge in [-0.2, -0.15) is 0 Å². The van der Waals surface area contributed by atoms with E-state index in [-0.39, 0.29) is 5.41 Å². The monoisotopic (exact) mass is 295 g/mol. The summed E-state index contributed by atoms with van der Waals surface area (Å²) < 4.78 is 0. The number of hydrogen-bond acceptors (Lipinski definition) is 3. The summed E-state index contributed by atoms with van der Waals surface area (Å²) in [5.74, 6) is 1.13. The molecule has 1 N–H and O–H groups in total. The molecule has 122 valence electrons. The van der Waals surface area contributed by atoms with Gasteiger partial charge in [-0.3, -0.25) is 9.69 Å². The van der Waals surface area contributed by atoms with Crippen LogP contribution in [0.3, 0.4) is 0 Å². The SMILES string of the molecule is CCCC1(C(=O)N2CCN(CC(C)C)CC2)CCCNC1. The van der Waals surface area contributed by atoms with Gasteiger partial charge in [-0.1, -0.05) is 27.2 Å². The summed E-state index contributed by atoms with van der Waals surface area (Å²) >= 11 is 0. The molecule has 2 aliphatic rings. The predicted octanol–water partition coefficient (Wildman–Crippen LogP) is 1.96. The first-order chi connectivity index (χ1) is 10.1. The molecule has 0 spiro atoms. The fourth-order valence-corrected chi connectivity index (χ4v) is 3.93. The molecule has 4 heteroatoms. The van der Waals surface area contributed by atoms with Crippen LogP contribution in [0.25, 0.3) is 0 Å². The van der Waals surface area contributed by atoms with Crippen molar-refractivity contribution in [3.63, 3.8) is 0 Å². The van der Waals surface area contributed by atoms with E-state index < -0.39 is 0 Å². The third kappa shape index (κ3) is 4.19. The van der Waals surface area contributed by atoms with Crippen molar-refractivity contribution in [2.45, 2.75) is 46.5 Å². The van der Waals surface area contributed by atoms with E-state index in [4.69, 9.17) is 0 Å². The zero-order valence-corrected chi connectivity index (χ0v) is 14.2. The average molecular weight is 295 g/mol. The van der Waals surface area contributed by atoms with Gasteiger partial charge in [0.15, 0.2) is 0 Å². The van der Waals surface area contributed by atoms with Crippen LogP contribution in [-0.2, 0) is 4.79 Å². The van der Waals surface area contributed by atoms with Crippen LogP contribution < -0.4 is 5.32 Å². The fraction of sp³-hybridized carbons (Fsp3) is 0.941. The number of nitrogens with one attached hydrogen (secondary N) is 1. The molecule has 1 unspecified atom stereocenters. The molecule has 0 aromatic carbocycles. The minimum atomic E-state index is -0.118. The van der Waals surface area contributed by atoms with Crippen molar-refractivity contribution in [2.75, 3.05) is 45.8 Å². The van der Waals surface area contributed by atoms with E-state index in [9.17, 15) is 4.79 Å². The van der Waals surface area contributed by atoms with E-state index in [0.717, 1.165) is 71.5 Å². The van der Waals surface area contributed by atoms with Crippen LogP contribution in [0.2, 0.25) is 0 Å². The van der Waals surface area contributed by atoms with Crippen molar-refractivity contribution in [1.82, 2.24) is 15.1 Å². The van der Waals surface area contributed by atoms with Crippen molar-refractivity contribution in [1.29, 1.82) is 0 Å². The summed E-state index contributed by atoms with van der Waals surface area (Å²) in [5, 5.41) is 3.46. The topological polar surface area (TPSA) is 35.6 Å². The van der Waals surface area contributed by atoms with Crippen molar-refractivity contribution in [3.8, 4) is 0 Å². The molecule has 1 atom stereocenters. The first-order valence-corrected chi connectivity index (χ1v) is 8.80. The highest BCUT2D eigenvalue weighted by Crippen LogP contribution is 2.34. The van der Waals surface area contributed by atoms with Gasteiger partial charge in [0.1, 0.15) is 0 Å². The second-order valence-corrected chi connectivity index (χ2v) is 7.30. The Morgan fingerprint density at radius 2 is 1.95 bits per heavy atom. The highest BCUT2D eigenvalue weighted by atomic mass is 16.2. The molecule has 0 saturated carbocycles. The standard InChI is InChI=1S/C17H33N3O/c1-4-6-17(7-5-8-18-14-17)16(21)20-11-9-19(10-12-20)13-15(2)3/h15,18H,4-14H2,1-3H3. The van der Waals surface area contributed by atoms with Gasteiger partial charge in [0.25, 0.3) is 0 Å². The number of nitrogens with zero attached hydrogens (tertiary/aromatic N) is 2. The third-order valence-electron chi connectivity index (χ3n) is 4.94. The number of carbonyl (C=O) groups is 1. The Bertz CT molecular complexity index is 323. The molecule has 0 radical (unpaired) electrons. The lowest BCUT2D eigenvalue weighted by Gasteiger charge is -2.43. The van der Waals surface area contributed by atoms with Gasteiger partial charge < -0.3 is 10.2 Å². The van der Waals surface area contributed by atoms with Crippen LogP contribution in [0.15, 0.2) is 0 Å². The Hall–Kier alpha value is -0.610. The predicted molar refractivity (Wildman–Crippen MR) is 87.3 cm³/mol. The van der Waals surface area contributed by atoms with Crippen molar-refractivity contribution in [3.05, 3.63) is 0 Å². The first-order valence-electron chi connectivity index (χ1n) is 8.80. The number of piperidine rings is 1. The summed E-state index contributed by atoms with van der Waals surface area (Å²) in [4.78, 5) is 17.7. The number of hydrogen-bond donors (Lipinski definition) is 1. The van der Waals surface area contributed by atoms with E-state index >= 15 is 0 Å². The van der Waals surface area contributed by atoms with Crippen LogP contribution in [-0.4, -0.2) is 61.5 Å². The average Bonchev–Trinajstić information content (AvgIpc) is 2.48. The first kappa shape index (κ1) is 16.8. The molecule has 2 aliphatic heterocycles. The molecule has 1 amide bonds. The Morgan fingerprint density at radius 1 is 1.24 bits per heavy atom. The number of amides is 1. The van der Waals surface area contributed by atoms with Crippen LogP contribution >= 0.6 is 0 Å². The second-order valence-electron chi connectivity index (χ2n) is 7.30. The van der Waals surface area contributed by atoms with Gasteiger partial charge in [0.05, 0.1) is 5.41 Å². The lowest BCUT2D eigenvalue weighted by atomic mass is 9.75. The molecule has 0 aromatic rings. The molecule has 0 aliphatic carbocycles. The lowest BCUT2D eigenvalue weighted by molar-refractivity contribution is -0.145. The molecular weight excluding hydrogens is 262 g/mol. The second kappa shape index (κ2) is 7.59. The highest BCUT2D eigenvalue weighted by molar-refractivity contribution is 5.83. The summed E-state index contributed by atoms with van der Waals surface area (Å²) in [6.45, 7) is 13.7. The zero-order chi connectivity index (χ0) is 15.3. The van der Waals surface area contributed by atoms with E-state index in [1.165, 1.54) is 0 Å². The molecule has 0 aromatic heterocycles. The lowest BCUT2D eigenvalue weighted by Crippen LogP contribution is -2.57.